The number of carbonyl (C=O) groups is 1. The van der Waals surface area contributed by atoms with Crippen LogP contribution in [0.2, 0.25) is 0 Å². The van der Waals surface area contributed by atoms with Gasteiger partial charge in [0.05, 0.1) is 0 Å². The summed E-state index contributed by atoms with van der Waals surface area (Å²) in [6, 6.07) is 7.92. The van der Waals surface area contributed by atoms with Crippen molar-refractivity contribution in [1.29, 1.82) is 0 Å². The number of carbonyl (C=O) groups excluding carboxylic acids is 1. The van der Waals surface area contributed by atoms with Crippen molar-refractivity contribution < 1.29 is 4.79 Å². The second kappa shape index (κ2) is 9.07. The van der Waals surface area contributed by atoms with E-state index in [2.05, 4.69) is 46.7 Å². The zero-order valence-corrected chi connectivity index (χ0v) is 15.1. The second-order valence-corrected chi connectivity index (χ2v) is 7.43. The summed E-state index contributed by atoms with van der Waals surface area (Å²) in [5, 5.41) is 5.94. The van der Waals surface area contributed by atoms with Crippen LogP contribution in [0, 0.1) is 0 Å². The SMILES string of the molecule is C=Cc1cccc(C(C)(I)NC(=O)NCCCCCC)c1. The van der Waals surface area contributed by atoms with E-state index in [0.29, 0.717) is 0 Å². The molecule has 4 heteroatoms. The zero-order chi connectivity index (χ0) is 15.7. The number of amides is 2. The van der Waals surface area contributed by atoms with Gasteiger partial charge in [-0.1, -0.05) is 57.0 Å². The van der Waals surface area contributed by atoms with Crippen LogP contribution in [0.5, 0.6) is 0 Å². The molecule has 1 unspecified atom stereocenters. The van der Waals surface area contributed by atoms with E-state index in [9.17, 15) is 4.79 Å². The van der Waals surface area contributed by atoms with E-state index in [1.54, 1.807) is 0 Å². The van der Waals surface area contributed by atoms with Gasteiger partial charge in [-0.05, 0) is 53.1 Å². The fraction of sp³-hybridized carbons (Fsp3) is 0.471. The molecule has 0 aliphatic carbocycles. The maximum Gasteiger partial charge on any atom is 0.316 e. The minimum Gasteiger partial charge on any atom is -0.338 e. The second-order valence-electron chi connectivity index (χ2n) is 5.27. The van der Waals surface area contributed by atoms with Crippen LogP contribution in [-0.4, -0.2) is 12.6 Å². The lowest BCUT2D eigenvalue weighted by Gasteiger charge is -2.25. The number of halogens is 1. The third-order valence-electron chi connectivity index (χ3n) is 3.33. The number of nitrogens with one attached hydrogen (secondary N) is 2. The number of hydrogen-bond donors (Lipinski definition) is 2. The van der Waals surface area contributed by atoms with Crippen molar-refractivity contribution in [2.24, 2.45) is 0 Å². The number of rotatable bonds is 8. The highest BCUT2D eigenvalue weighted by atomic mass is 127. The summed E-state index contributed by atoms with van der Waals surface area (Å²) in [5.74, 6) is 0. The van der Waals surface area contributed by atoms with Crippen LogP contribution in [0.1, 0.15) is 50.7 Å². The van der Waals surface area contributed by atoms with E-state index in [0.717, 1.165) is 24.1 Å². The third kappa shape index (κ3) is 6.50. The molecule has 116 valence electrons. The summed E-state index contributed by atoms with van der Waals surface area (Å²) in [5.41, 5.74) is 2.11. The maximum absolute atomic E-state index is 12.0. The number of hydrogen-bond acceptors (Lipinski definition) is 1. The van der Waals surface area contributed by atoms with Crippen LogP contribution in [-0.2, 0) is 3.55 Å². The number of alkyl halides is 1. The van der Waals surface area contributed by atoms with Crippen molar-refractivity contribution in [2.45, 2.75) is 43.1 Å². The van der Waals surface area contributed by atoms with Gasteiger partial charge in [0.25, 0.3) is 0 Å². The summed E-state index contributed by atoms with van der Waals surface area (Å²) < 4.78 is -0.440. The quantitative estimate of drug-likeness (QED) is 0.280. The first-order valence-corrected chi connectivity index (χ1v) is 8.55. The molecule has 0 saturated carbocycles. The van der Waals surface area contributed by atoms with Crippen LogP contribution in [0.15, 0.2) is 30.8 Å². The van der Waals surface area contributed by atoms with E-state index in [1.807, 2.05) is 37.3 Å². The van der Waals surface area contributed by atoms with Crippen LogP contribution in [0.3, 0.4) is 0 Å². The van der Waals surface area contributed by atoms with Gasteiger partial charge in [0.15, 0.2) is 0 Å². The third-order valence-corrected chi connectivity index (χ3v) is 4.22. The number of unbranched alkanes of at least 4 members (excludes halogenated alkanes) is 3. The maximum atomic E-state index is 12.0. The van der Waals surface area contributed by atoms with Crippen molar-refractivity contribution >= 4 is 34.7 Å². The highest BCUT2D eigenvalue weighted by Gasteiger charge is 2.24. The Morgan fingerprint density at radius 3 is 2.81 bits per heavy atom. The summed E-state index contributed by atoms with van der Waals surface area (Å²) in [7, 11) is 0. The Labute approximate surface area is 141 Å². The normalized spacial score (nSPS) is 13.3. The topological polar surface area (TPSA) is 41.1 Å². The molecular weight excluding hydrogens is 375 g/mol. The van der Waals surface area contributed by atoms with Crippen LogP contribution in [0.4, 0.5) is 4.79 Å². The molecule has 3 nitrogen and oxygen atoms in total. The Morgan fingerprint density at radius 1 is 1.38 bits per heavy atom. The van der Waals surface area contributed by atoms with Crippen molar-refractivity contribution in [3.05, 3.63) is 42.0 Å². The molecule has 0 aliphatic rings. The number of benzene rings is 1. The molecule has 0 spiro atoms. The summed E-state index contributed by atoms with van der Waals surface area (Å²) >= 11 is 2.26. The van der Waals surface area contributed by atoms with Gasteiger partial charge < -0.3 is 10.6 Å². The van der Waals surface area contributed by atoms with Crippen LogP contribution < -0.4 is 10.6 Å². The predicted molar refractivity (Wildman–Crippen MR) is 98.6 cm³/mol. The standard InChI is InChI=1S/C17H25IN2O/c1-4-6-7-8-12-19-16(21)20-17(3,18)15-11-9-10-14(5-2)13-15/h5,9-11,13H,2,4,6-8,12H2,1,3H3,(H2,19,20,21). The predicted octanol–water partition coefficient (Wildman–Crippen LogP) is 4.82. The summed E-state index contributed by atoms with van der Waals surface area (Å²) in [6.45, 7) is 8.68. The molecule has 0 heterocycles. The van der Waals surface area contributed by atoms with Crippen molar-refractivity contribution in [1.82, 2.24) is 10.6 Å². The minimum atomic E-state index is -0.440. The summed E-state index contributed by atoms with van der Waals surface area (Å²) in [4.78, 5) is 12.0. The van der Waals surface area contributed by atoms with Gasteiger partial charge in [0.2, 0.25) is 0 Å². The van der Waals surface area contributed by atoms with E-state index in [1.165, 1.54) is 19.3 Å². The molecule has 21 heavy (non-hydrogen) atoms. The van der Waals surface area contributed by atoms with E-state index in [-0.39, 0.29) is 6.03 Å². The Hall–Kier alpha value is -1.04. The average molecular weight is 400 g/mol. The molecule has 1 atom stereocenters. The van der Waals surface area contributed by atoms with Crippen molar-refractivity contribution in [3.63, 3.8) is 0 Å². The molecule has 0 aliphatic heterocycles. The van der Waals surface area contributed by atoms with Gasteiger partial charge in [-0.15, -0.1) is 0 Å². The lowest BCUT2D eigenvalue weighted by atomic mass is 10.1. The Kier molecular flexibility index (Phi) is 7.78. The van der Waals surface area contributed by atoms with Crippen LogP contribution >= 0.6 is 22.6 Å². The molecule has 0 aromatic heterocycles. The minimum absolute atomic E-state index is 0.118. The van der Waals surface area contributed by atoms with Crippen molar-refractivity contribution in [2.75, 3.05) is 6.54 Å². The molecule has 0 fully saturated rings. The van der Waals surface area contributed by atoms with Gasteiger partial charge >= 0.3 is 6.03 Å². The molecule has 1 rings (SSSR count). The largest absolute Gasteiger partial charge is 0.338 e. The zero-order valence-electron chi connectivity index (χ0n) is 12.9. The van der Waals surface area contributed by atoms with Crippen molar-refractivity contribution in [3.8, 4) is 0 Å². The molecule has 0 radical (unpaired) electrons. The smallest absolute Gasteiger partial charge is 0.316 e. The average Bonchev–Trinajstić information content (AvgIpc) is 2.46. The lowest BCUT2D eigenvalue weighted by Crippen LogP contribution is -2.44. The lowest BCUT2D eigenvalue weighted by molar-refractivity contribution is 0.237. The van der Waals surface area contributed by atoms with E-state index < -0.39 is 3.55 Å². The van der Waals surface area contributed by atoms with E-state index in [4.69, 9.17) is 0 Å². The highest BCUT2D eigenvalue weighted by molar-refractivity contribution is 14.1. The molecular formula is C17H25IN2O. The van der Waals surface area contributed by atoms with Gasteiger partial charge in [0, 0.05) is 6.54 Å². The van der Waals surface area contributed by atoms with Gasteiger partial charge in [0.1, 0.15) is 3.55 Å². The monoisotopic (exact) mass is 400 g/mol. The Balaban J connectivity index is 2.50. The Bertz CT molecular complexity index is 472. The molecule has 1 aromatic rings. The molecule has 2 N–H and O–H groups in total. The first-order valence-electron chi connectivity index (χ1n) is 7.47. The van der Waals surface area contributed by atoms with Gasteiger partial charge in [-0.25, -0.2) is 4.79 Å². The van der Waals surface area contributed by atoms with E-state index >= 15 is 0 Å². The number of urea groups is 1. The van der Waals surface area contributed by atoms with Gasteiger partial charge in [-0.3, -0.25) is 0 Å². The fourth-order valence-corrected chi connectivity index (χ4v) is 2.62. The molecule has 0 bridgehead atoms. The van der Waals surface area contributed by atoms with Crippen LogP contribution in [0.25, 0.3) is 6.08 Å². The highest BCUT2D eigenvalue weighted by Crippen LogP contribution is 2.29. The summed E-state index contributed by atoms with van der Waals surface area (Å²) in [6.07, 6.45) is 6.44. The molecule has 1 aromatic carbocycles. The fourth-order valence-electron chi connectivity index (χ4n) is 2.04. The molecule has 0 saturated heterocycles. The van der Waals surface area contributed by atoms with Gasteiger partial charge in [-0.2, -0.15) is 0 Å². The Morgan fingerprint density at radius 2 is 2.14 bits per heavy atom. The molecule has 2 amide bonds. The first-order chi connectivity index (χ1) is 9.99. The first kappa shape index (κ1) is 18.0.